The van der Waals surface area contributed by atoms with E-state index in [2.05, 4.69) is 40.3 Å². The van der Waals surface area contributed by atoms with Crippen molar-refractivity contribution in [3.05, 3.63) is 66.2 Å². The van der Waals surface area contributed by atoms with Gasteiger partial charge >= 0.3 is 6.09 Å². The Morgan fingerprint density at radius 2 is 1.84 bits per heavy atom. The second kappa shape index (κ2) is 10.5. The number of aromatic nitrogens is 4. The van der Waals surface area contributed by atoms with Crippen LogP contribution in [0.4, 0.5) is 10.7 Å². The Morgan fingerprint density at radius 1 is 1.13 bits per heavy atom. The third-order valence-corrected chi connectivity index (χ3v) is 7.15. The Balaban J connectivity index is 1.63. The van der Waals surface area contributed by atoms with Crippen molar-refractivity contribution in [3.8, 4) is 28.5 Å². The SMILES string of the molecule is CC(NC(=O)O)c1ccc(-c2c(-c3ccc(C#N)cc3)nc(N3CCC(N(C)C)CC3)n3ccnc23)cn1. The highest BCUT2D eigenvalue weighted by atomic mass is 16.4. The molecular formula is C28H30N8O2. The average molecular weight is 511 g/mol. The van der Waals surface area contributed by atoms with E-state index in [1.165, 1.54) is 0 Å². The van der Waals surface area contributed by atoms with Crippen LogP contribution in [-0.4, -0.2) is 68.7 Å². The van der Waals surface area contributed by atoms with Gasteiger partial charge in [-0.05, 0) is 52.1 Å². The molecule has 4 heterocycles. The van der Waals surface area contributed by atoms with Crippen LogP contribution in [0.15, 0.2) is 55.0 Å². The molecule has 1 amide bonds. The monoisotopic (exact) mass is 510 g/mol. The highest BCUT2D eigenvalue weighted by Gasteiger charge is 2.26. The second-order valence-corrected chi connectivity index (χ2v) is 9.77. The van der Waals surface area contributed by atoms with Gasteiger partial charge in [0, 0.05) is 48.8 Å². The van der Waals surface area contributed by atoms with E-state index in [-0.39, 0.29) is 0 Å². The number of carbonyl (C=O) groups is 1. The first-order valence-corrected chi connectivity index (χ1v) is 12.6. The maximum atomic E-state index is 11.1. The number of hydrogen-bond donors (Lipinski definition) is 2. The number of nitrogens with one attached hydrogen (secondary N) is 1. The number of imidazole rings is 1. The Kier molecular flexibility index (Phi) is 6.94. The van der Waals surface area contributed by atoms with E-state index in [9.17, 15) is 10.1 Å². The highest BCUT2D eigenvalue weighted by molar-refractivity contribution is 5.91. The number of amides is 1. The minimum Gasteiger partial charge on any atom is -0.465 e. The zero-order valence-corrected chi connectivity index (χ0v) is 21.7. The molecule has 2 N–H and O–H groups in total. The van der Waals surface area contributed by atoms with Gasteiger partial charge in [-0.1, -0.05) is 18.2 Å². The van der Waals surface area contributed by atoms with Crippen molar-refractivity contribution in [2.45, 2.75) is 31.8 Å². The average Bonchev–Trinajstić information content (AvgIpc) is 3.42. The van der Waals surface area contributed by atoms with Gasteiger partial charge in [0.15, 0.2) is 0 Å². The van der Waals surface area contributed by atoms with Crippen molar-refractivity contribution in [1.82, 2.24) is 29.6 Å². The molecule has 5 rings (SSSR count). The molecule has 10 nitrogen and oxygen atoms in total. The fourth-order valence-electron chi connectivity index (χ4n) is 5.02. The molecule has 1 aliphatic heterocycles. The number of anilines is 1. The summed E-state index contributed by atoms with van der Waals surface area (Å²) >= 11 is 0. The highest BCUT2D eigenvalue weighted by Crippen LogP contribution is 2.37. The lowest BCUT2D eigenvalue weighted by atomic mass is 9.99. The summed E-state index contributed by atoms with van der Waals surface area (Å²) in [5, 5.41) is 20.8. The van der Waals surface area contributed by atoms with Crippen LogP contribution in [0.25, 0.3) is 28.0 Å². The van der Waals surface area contributed by atoms with Crippen LogP contribution in [0, 0.1) is 11.3 Å². The van der Waals surface area contributed by atoms with Crippen molar-refractivity contribution < 1.29 is 9.90 Å². The van der Waals surface area contributed by atoms with Crippen LogP contribution in [-0.2, 0) is 0 Å². The number of fused-ring (bicyclic) bond motifs is 1. The number of benzene rings is 1. The molecule has 1 atom stereocenters. The summed E-state index contributed by atoms with van der Waals surface area (Å²) in [6, 6.07) is 13.4. The van der Waals surface area contributed by atoms with Crippen LogP contribution in [0.3, 0.4) is 0 Å². The predicted molar refractivity (Wildman–Crippen MR) is 145 cm³/mol. The molecule has 38 heavy (non-hydrogen) atoms. The summed E-state index contributed by atoms with van der Waals surface area (Å²) < 4.78 is 2.03. The lowest BCUT2D eigenvalue weighted by Crippen LogP contribution is -2.43. The molecule has 0 spiro atoms. The Morgan fingerprint density at radius 3 is 2.45 bits per heavy atom. The molecule has 1 unspecified atom stereocenters. The van der Waals surface area contributed by atoms with E-state index in [4.69, 9.17) is 15.1 Å². The zero-order chi connectivity index (χ0) is 26.8. The van der Waals surface area contributed by atoms with Crippen molar-refractivity contribution in [2.75, 3.05) is 32.1 Å². The van der Waals surface area contributed by atoms with Crippen LogP contribution in [0.5, 0.6) is 0 Å². The lowest BCUT2D eigenvalue weighted by molar-refractivity contribution is 0.190. The van der Waals surface area contributed by atoms with Gasteiger partial charge in [0.05, 0.1) is 34.6 Å². The standard InChI is InChI=1S/C28H30N8O2/c1-18(32-28(37)38)23-9-8-21(17-31-23)24-25(20-6-4-19(16-29)5-7-20)33-27(36-15-12-30-26(24)36)35-13-10-22(11-14-35)34(2)3/h4-9,12,15,17-18,22,32H,10-11,13-14H2,1-3H3,(H,37,38). The van der Waals surface area contributed by atoms with E-state index < -0.39 is 12.1 Å². The Labute approximate surface area is 221 Å². The fraction of sp³-hybridized carbons (Fsp3) is 0.321. The summed E-state index contributed by atoms with van der Waals surface area (Å²) in [7, 11) is 4.25. The minimum absolute atomic E-state index is 0.448. The number of nitrogens with zero attached hydrogens (tertiary/aromatic N) is 7. The normalized spacial score (nSPS) is 15.0. The van der Waals surface area contributed by atoms with Gasteiger partial charge in [0.2, 0.25) is 5.95 Å². The first-order chi connectivity index (χ1) is 18.4. The number of hydrogen-bond acceptors (Lipinski definition) is 7. The Hall–Kier alpha value is -4.49. The molecule has 0 aliphatic carbocycles. The number of piperidine rings is 1. The van der Waals surface area contributed by atoms with E-state index >= 15 is 0 Å². The minimum atomic E-state index is -1.10. The van der Waals surface area contributed by atoms with Crippen molar-refractivity contribution in [3.63, 3.8) is 0 Å². The molecule has 3 aromatic heterocycles. The fourth-order valence-corrected chi connectivity index (χ4v) is 5.02. The van der Waals surface area contributed by atoms with Gasteiger partial charge < -0.3 is 20.2 Å². The molecule has 1 saturated heterocycles. The van der Waals surface area contributed by atoms with E-state index in [0.717, 1.165) is 59.9 Å². The van der Waals surface area contributed by atoms with E-state index in [0.29, 0.717) is 17.3 Å². The van der Waals surface area contributed by atoms with Crippen molar-refractivity contribution in [2.24, 2.45) is 0 Å². The van der Waals surface area contributed by atoms with Crippen LogP contribution >= 0.6 is 0 Å². The number of rotatable bonds is 6. The molecule has 10 heteroatoms. The molecule has 1 aromatic carbocycles. The molecule has 0 radical (unpaired) electrons. The summed E-state index contributed by atoms with van der Waals surface area (Å²) in [6.07, 6.45) is 6.44. The van der Waals surface area contributed by atoms with Gasteiger partial charge in [0.1, 0.15) is 5.65 Å². The summed E-state index contributed by atoms with van der Waals surface area (Å²) in [5.74, 6) is 0.835. The molecule has 0 bridgehead atoms. The van der Waals surface area contributed by atoms with Gasteiger partial charge in [-0.3, -0.25) is 9.38 Å². The Bertz CT molecular complexity index is 1480. The van der Waals surface area contributed by atoms with Crippen molar-refractivity contribution >= 4 is 17.7 Å². The molecule has 0 saturated carbocycles. The topological polar surface area (TPSA) is 123 Å². The smallest absolute Gasteiger partial charge is 0.405 e. The molecule has 194 valence electrons. The second-order valence-electron chi connectivity index (χ2n) is 9.77. The van der Waals surface area contributed by atoms with Gasteiger partial charge in [-0.25, -0.2) is 14.8 Å². The molecular weight excluding hydrogens is 480 g/mol. The maximum Gasteiger partial charge on any atom is 0.405 e. The third-order valence-electron chi connectivity index (χ3n) is 7.15. The summed E-state index contributed by atoms with van der Waals surface area (Å²) in [6.45, 7) is 3.53. The largest absolute Gasteiger partial charge is 0.465 e. The molecule has 1 fully saturated rings. The van der Waals surface area contributed by atoms with E-state index in [1.807, 2.05) is 34.9 Å². The van der Waals surface area contributed by atoms with Gasteiger partial charge in [-0.2, -0.15) is 5.26 Å². The van der Waals surface area contributed by atoms with Crippen molar-refractivity contribution in [1.29, 1.82) is 5.26 Å². The first kappa shape index (κ1) is 25.2. The quantitative estimate of drug-likeness (QED) is 0.396. The summed E-state index contributed by atoms with van der Waals surface area (Å²) in [5.41, 5.74) is 5.22. The third kappa shape index (κ3) is 4.88. The van der Waals surface area contributed by atoms with Crippen LogP contribution < -0.4 is 10.2 Å². The van der Waals surface area contributed by atoms with Gasteiger partial charge in [-0.15, -0.1) is 0 Å². The number of pyridine rings is 1. The zero-order valence-electron chi connectivity index (χ0n) is 21.7. The lowest BCUT2D eigenvalue weighted by Gasteiger charge is -2.36. The van der Waals surface area contributed by atoms with Gasteiger partial charge in [0.25, 0.3) is 0 Å². The first-order valence-electron chi connectivity index (χ1n) is 12.6. The number of nitriles is 1. The number of carboxylic acid groups (broad SMARTS) is 1. The maximum absolute atomic E-state index is 11.1. The van der Waals surface area contributed by atoms with Crippen LogP contribution in [0.2, 0.25) is 0 Å². The molecule has 4 aromatic rings. The van der Waals surface area contributed by atoms with E-state index in [1.54, 1.807) is 31.5 Å². The van der Waals surface area contributed by atoms with Crippen LogP contribution in [0.1, 0.15) is 37.1 Å². The predicted octanol–water partition coefficient (Wildman–Crippen LogP) is 4.19. The summed E-state index contributed by atoms with van der Waals surface area (Å²) in [4.78, 5) is 30.1. The molecule has 1 aliphatic rings.